The van der Waals surface area contributed by atoms with E-state index in [2.05, 4.69) is 4.98 Å². The number of aliphatic hydroxyl groups is 1. The van der Waals surface area contributed by atoms with E-state index >= 15 is 0 Å². The zero-order valence-corrected chi connectivity index (χ0v) is 13.0. The third-order valence-corrected chi connectivity index (χ3v) is 3.90. The first-order valence-electron chi connectivity index (χ1n) is 6.78. The van der Waals surface area contributed by atoms with E-state index in [9.17, 15) is 14.3 Å². The summed E-state index contributed by atoms with van der Waals surface area (Å²) in [6.07, 6.45) is 5.09. The Hall–Kier alpha value is -1.92. The molecule has 116 valence electrons. The van der Waals surface area contributed by atoms with Crippen molar-refractivity contribution in [2.24, 2.45) is 0 Å². The standard InChI is InChI=1S/C16H17FN2O2S/c1-22-15-9-13(4-5-14(15)17)16(21)19(7-8-20)11-12-3-2-6-18-10-12/h2-6,9-10,20H,7-8,11H2,1H3. The number of pyridine rings is 1. The summed E-state index contributed by atoms with van der Waals surface area (Å²) in [4.78, 5) is 18.5. The highest BCUT2D eigenvalue weighted by molar-refractivity contribution is 7.98. The van der Waals surface area contributed by atoms with Crippen molar-refractivity contribution in [1.82, 2.24) is 9.88 Å². The Balaban J connectivity index is 2.22. The first kappa shape index (κ1) is 16.5. The van der Waals surface area contributed by atoms with E-state index in [1.807, 2.05) is 6.07 Å². The van der Waals surface area contributed by atoms with Gasteiger partial charge in [-0.2, -0.15) is 0 Å². The van der Waals surface area contributed by atoms with Gasteiger partial charge in [-0.1, -0.05) is 6.07 Å². The molecule has 1 heterocycles. The Morgan fingerprint density at radius 3 is 2.86 bits per heavy atom. The number of aromatic nitrogens is 1. The van der Waals surface area contributed by atoms with Crippen LogP contribution in [0.1, 0.15) is 15.9 Å². The zero-order chi connectivity index (χ0) is 15.9. The highest BCUT2D eigenvalue weighted by Crippen LogP contribution is 2.21. The van der Waals surface area contributed by atoms with Crippen molar-refractivity contribution in [3.05, 3.63) is 59.7 Å². The molecule has 1 aromatic heterocycles. The number of amides is 1. The largest absolute Gasteiger partial charge is 0.395 e. The normalized spacial score (nSPS) is 10.5. The predicted molar refractivity (Wildman–Crippen MR) is 84.2 cm³/mol. The second-order valence-electron chi connectivity index (χ2n) is 4.66. The molecule has 2 aromatic rings. The minimum atomic E-state index is -0.343. The lowest BCUT2D eigenvalue weighted by Gasteiger charge is -2.22. The van der Waals surface area contributed by atoms with Gasteiger partial charge >= 0.3 is 0 Å². The van der Waals surface area contributed by atoms with Gasteiger partial charge in [-0.3, -0.25) is 9.78 Å². The van der Waals surface area contributed by atoms with Crippen LogP contribution in [0.2, 0.25) is 0 Å². The molecule has 0 radical (unpaired) electrons. The lowest BCUT2D eigenvalue weighted by atomic mass is 10.1. The van der Waals surface area contributed by atoms with Crippen LogP contribution in [0.4, 0.5) is 4.39 Å². The molecular weight excluding hydrogens is 303 g/mol. The molecule has 0 saturated carbocycles. The van der Waals surface area contributed by atoms with Crippen LogP contribution in [0.15, 0.2) is 47.6 Å². The number of nitrogens with zero attached hydrogens (tertiary/aromatic N) is 2. The van der Waals surface area contributed by atoms with Gasteiger partial charge in [-0.15, -0.1) is 11.8 Å². The maximum atomic E-state index is 13.5. The number of thioether (sulfide) groups is 1. The van der Waals surface area contributed by atoms with E-state index in [1.54, 1.807) is 24.7 Å². The minimum Gasteiger partial charge on any atom is -0.395 e. The highest BCUT2D eigenvalue weighted by atomic mass is 32.2. The number of benzene rings is 1. The molecule has 0 aliphatic heterocycles. The van der Waals surface area contributed by atoms with E-state index in [0.29, 0.717) is 17.0 Å². The molecular formula is C16H17FN2O2S. The van der Waals surface area contributed by atoms with Crippen molar-refractivity contribution in [3.63, 3.8) is 0 Å². The van der Waals surface area contributed by atoms with Crippen LogP contribution < -0.4 is 0 Å². The van der Waals surface area contributed by atoms with Crippen LogP contribution in [-0.4, -0.2) is 40.3 Å². The van der Waals surface area contributed by atoms with E-state index in [4.69, 9.17) is 0 Å². The lowest BCUT2D eigenvalue weighted by molar-refractivity contribution is 0.0707. The fraction of sp³-hybridized carbons (Fsp3) is 0.250. The minimum absolute atomic E-state index is 0.136. The fourth-order valence-electron chi connectivity index (χ4n) is 2.06. The number of rotatable bonds is 6. The van der Waals surface area contributed by atoms with Crippen molar-refractivity contribution < 1.29 is 14.3 Å². The van der Waals surface area contributed by atoms with Gasteiger partial charge in [0.15, 0.2) is 0 Å². The summed E-state index contributed by atoms with van der Waals surface area (Å²) in [6.45, 7) is 0.418. The molecule has 0 aliphatic rings. The Labute approximate surface area is 133 Å². The van der Waals surface area contributed by atoms with Gasteiger partial charge in [0.1, 0.15) is 5.82 Å². The Kier molecular flexibility index (Phi) is 5.91. The molecule has 0 aliphatic carbocycles. The van der Waals surface area contributed by atoms with Gasteiger partial charge in [-0.25, -0.2) is 4.39 Å². The maximum Gasteiger partial charge on any atom is 0.254 e. The molecule has 0 fully saturated rings. The van der Waals surface area contributed by atoms with E-state index in [0.717, 1.165) is 5.56 Å². The van der Waals surface area contributed by atoms with Crippen LogP contribution in [0.5, 0.6) is 0 Å². The average molecular weight is 320 g/mol. The average Bonchev–Trinajstić information content (AvgIpc) is 2.55. The summed E-state index contributed by atoms with van der Waals surface area (Å²) in [6, 6.07) is 7.95. The number of carbonyl (C=O) groups is 1. The van der Waals surface area contributed by atoms with Crippen molar-refractivity contribution in [2.45, 2.75) is 11.4 Å². The van der Waals surface area contributed by atoms with E-state index in [1.165, 1.54) is 34.9 Å². The molecule has 1 aromatic carbocycles. The Bertz CT molecular complexity index is 637. The summed E-state index contributed by atoms with van der Waals surface area (Å²) in [5.74, 6) is -0.585. The summed E-state index contributed by atoms with van der Waals surface area (Å²) < 4.78 is 13.5. The van der Waals surface area contributed by atoms with E-state index in [-0.39, 0.29) is 24.9 Å². The molecule has 0 bridgehead atoms. The summed E-state index contributed by atoms with van der Waals surface area (Å²) >= 11 is 1.25. The van der Waals surface area contributed by atoms with Crippen molar-refractivity contribution >= 4 is 17.7 Å². The predicted octanol–water partition coefficient (Wildman–Crippen LogP) is 2.58. The summed E-state index contributed by atoms with van der Waals surface area (Å²) in [5, 5.41) is 9.18. The zero-order valence-electron chi connectivity index (χ0n) is 12.2. The van der Waals surface area contributed by atoms with Gasteiger partial charge < -0.3 is 10.0 Å². The number of carbonyl (C=O) groups excluding carboxylic acids is 1. The molecule has 0 unspecified atom stereocenters. The molecule has 0 spiro atoms. The fourth-order valence-corrected chi connectivity index (χ4v) is 2.57. The molecule has 4 nitrogen and oxygen atoms in total. The molecule has 22 heavy (non-hydrogen) atoms. The smallest absolute Gasteiger partial charge is 0.254 e. The van der Waals surface area contributed by atoms with Gasteiger partial charge in [0, 0.05) is 35.9 Å². The monoisotopic (exact) mass is 320 g/mol. The number of halogens is 1. The third kappa shape index (κ3) is 4.05. The summed E-state index contributed by atoms with van der Waals surface area (Å²) in [7, 11) is 0. The summed E-state index contributed by atoms with van der Waals surface area (Å²) in [5.41, 5.74) is 1.28. The van der Waals surface area contributed by atoms with Gasteiger partial charge in [0.2, 0.25) is 0 Å². The molecule has 6 heteroatoms. The van der Waals surface area contributed by atoms with Crippen molar-refractivity contribution in [1.29, 1.82) is 0 Å². The molecule has 2 rings (SSSR count). The SMILES string of the molecule is CSc1cc(C(=O)N(CCO)Cc2cccnc2)ccc1F. The second-order valence-corrected chi connectivity index (χ2v) is 5.51. The molecule has 0 saturated heterocycles. The van der Waals surface area contributed by atoms with Crippen LogP contribution in [0.3, 0.4) is 0 Å². The van der Waals surface area contributed by atoms with Crippen molar-refractivity contribution in [3.8, 4) is 0 Å². The first-order valence-corrected chi connectivity index (χ1v) is 8.00. The Morgan fingerprint density at radius 1 is 1.41 bits per heavy atom. The second kappa shape index (κ2) is 7.91. The topological polar surface area (TPSA) is 53.4 Å². The lowest BCUT2D eigenvalue weighted by Crippen LogP contribution is -2.33. The van der Waals surface area contributed by atoms with E-state index < -0.39 is 0 Å². The first-order chi connectivity index (χ1) is 10.7. The third-order valence-electron chi connectivity index (χ3n) is 3.15. The number of hydrogen-bond donors (Lipinski definition) is 1. The molecule has 0 atom stereocenters. The Morgan fingerprint density at radius 2 is 2.23 bits per heavy atom. The van der Waals surface area contributed by atoms with Gasteiger partial charge in [-0.05, 0) is 36.1 Å². The number of hydrogen-bond acceptors (Lipinski definition) is 4. The van der Waals surface area contributed by atoms with Crippen LogP contribution in [0.25, 0.3) is 0 Å². The molecule has 1 N–H and O–H groups in total. The van der Waals surface area contributed by atoms with Crippen LogP contribution in [-0.2, 0) is 6.54 Å². The van der Waals surface area contributed by atoms with Gasteiger partial charge in [0.25, 0.3) is 5.91 Å². The van der Waals surface area contributed by atoms with Gasteiger partial charge in [0.05, 0.1) is 6.61 Å². The van der Waals surface area contributed by atoms with Crippen LogP contribution in [0, 0.1) is 5.82 Å². The maximum absolute atomic E-state index is 13.5. The number of aliphatic hydroxyl groups excluding tert-OH is 1. The molecule has 1 amide bonds. The quantitative estimate of drug-likeness (QED) is 0.831. The highest BCUT2D eigenvalue weighted by Gasteiger charge is 2.17. The van der Waals surface area contributed by atoms with Crippen molar-refractivity contribution in [2.75, 3.05) is 19.4 Å². The van der Waals surface area contributed by atoms with Crippen LogP contribution >= 0.6 is 11.8 Å².